The van der Waals surface area contributed by atoms with E-state index in [4.69, 9.17) is 16.3 Å². The summed E-state index contributed by atoms with van der Waals surface area (Å²) in [4.78, 5) is 16.4. The number of fused-ring (bicyclic) bond motifs is 1. The number of carbonyl (C=O) groups excluding carboxylic acids is 1. The Kier molecular flexibility index (Phi) is 4.03. The van der Waals surface area contributed by atoms with Gasteiger partial charge in [0.1, 0.15) is 6.61 Å². The number of nitrogens with one attached hydrogen (secondary N) is 1. The lowest BCUT2D eigenvalue weighted by Crippen LogP contribution is -2.15. The molecule has 1 aromatic carbocycles. The second-order valence-electron chi connectivity index (χ2n) is 4.07. The van der Waals surface area contributed by atoms with Gasteiger partial charge in [0.15, 0.2) is 0 Å². The van der Waals surface area contributed by atoms with Gasteiger partial charge >= 0.3 is 6.09 Å². The van der Waals surface area contributed by atoms with Crippen LogP contribution in [0.1, 0.15) is 0 Å². The lowest BCUT2D eigenvalue weighted by atomic mass is 10.2. The van der Waals surface area contributed by atoms with Gasteiger partial charge in [0.2, 0.25) is 4.96 Å². The van der Waals surface area contributed by atoms with Crippen molar-refractivity contribution in [3.05, 3.63) is 35.7 Å². The number of benzene rings is 1. The van der Waals surface area contributed by atoms with Crippen LogP contribution < -0.4 is 5.32 Å². The van der Waals surface area contributed by atoms with E-state index in [0.29, 0.717) is 4.96 Å². The van der Waals surface area contributed by atoms with E-state index < -0.39 is 6.09 Å². The third kappa shape index (κ3) is 2.98. The molecule has 1 N–H and O–H groups in total. The number of carbonyl (C=O) groups is 1. The largest absolute Gasteiger partial charge is 0.448 e. The minimum atomic E-state index is -0.616. The lowest BCUT2D eigenvalue weighted by molar-refractivity contribution is 0.168. The summed E-state index contributed by atoms with van der Waals surface area (Å²) in [6, 6.07) is 9.85. The van der Waals surface area contributed by atoms with Gasteiger partial charge in [0, 0.05) is 10.9 Å². The Morgan fingerprint density at radius 3 is 2.95 bits per heavy atom. The SMILES string of the molecule is O=C(Nc1nc2scc(-c3ccccc3)n2n1)OCCCl. The van der Waals surface area contributed by atoms with Crippen molar-refractivity contribution in [3.8, 4) is 11.3 Å². The number of nitrogens with zero attached hydrogens (tertiary/aromatic N) is 3. The molecule has 0 spiro atoms. The minimum absolute atomic E-state index is 0.144. The number of anilines is 1. The molecule has 3 aromatic rings. The van der Waals surface area contributed by atoms with Crippen molar-refractivity contribution in [1.82, 2.24) is 14.6 Å². The van der Waals surface area contributed by atoms with Crippen molar-refractivity contribution in [3.63, 3.8) is 0 Å². The molecule has 1 amide bonds. The highest BCUT2D eigenvalue weighted by Gasteiger charge is 2.13. The summed E-state index contributed by atoms with van der Waals surface area (Å²) in [5, 5.41) is 8.72. The first-order valence-corrected chi connectivity index (χ1v) is 7.59. The minimum Gasteiger partial charge on any atom is -0.448 e. The fraction of sp³-hybridized carbons (Fsp3) is 0.154. The Hall–Kier alpha value is -2.12. The Bertz CT molecular complexity index is 756. The molecule has 0 aliphatic carbocycles. The first-order chi connectivity index (χ1) is 10.3. The summed E-state index contributed by atoms with van der Waals surface area (Å²) >= 11 is 6.90. The molecule has 0 radical (unpaired) electrons. The van der Waals surface area contributed by atoms with E-state index in [1.54, 1.807) is 4.52 Å². The molecule has 21 heavy (non-hydrogen) atoms. The third-order valence-corrected chi connectivity index (χ3v) is 3.65. The third-order valence-electron chi connectivity index (χ3n) is 2.68. The fourth-order valence-corrected chi connectivity index (χ4v) is 2.71. The van der Waals surface area contributed by atoms with Gasteiger partial charge in [0.25, 0.3) is 5.95 Å². The van der Waals surface area contributed by atoms with E-state index in [2.05, 4.69) is 15.4 Å². The van der Waals surface area contributed by atoms with Crippen molar-refractivity contribution < 1.29 is 9.53 Å². The maximum atomic E-state index is 11.4. The van der Waals surface area contributed by atoms with E-state index in [1.807, 2.05) is 35.7 Å². The van der Waals surface area contributed by atoms with Gasteiger partial charge in [-0.25, -0.2) is 9.31 Å². The Morgan fingerprint density at radius 2 is 2.19 bits per heavy atom. The van der Waals surface area contributed by atoms with Gasteiger partial charge in [-0.15, -0.1) is 28.0 Å². The molecule has 0 saturated carbocycles. The number of alkyl halides is 1. The molecular weight excluding hydrogens is 312 g/mol. The van der Waals surface area contributed by atoms with Crippen LogP contribution in [0.2, 0.25) is 0 Å². The molecule has 3 rings (SSSR count). The molecule has 0 atom stereocenters. The van der Waals surface area contributed by atoms with Crippen LogP contribution in [0.15, 0.2) is 35.7 Å². The quantitative estimate of drug-likeness (QED) is 0.749. The summed E-state index contributed by atoms with van der Waals surface area (Å²) < 4.78 is 6.51. The highest BCUT2D eigenvalue weighted by atomic mass is 35.5. The molecule has 0 bridgehead atoms. The molecule has 108 valence electrons. The molecule has 0 aliphatic rings. The van der Waals surface area contributed by atoms with Crippen molar-refractivity contribution in [2.24, 2.45) is 0 Å². The van der Waals surface area contributed by atoms with Gasteiger partial charge in [-0.2, -0.15) is 4.98 Å². The smallest absolute Gasteiger partial charge is 0.414 e. The number of ether oxygens (including phenoxy) is 1. The molecule has 2 aromatic heterocycles. The fourth-order valence-electron chi connectivity index (χ4n) is 1.80. The van der Waals surface area contributed by atoms with Crippen LogP contribution in [0.4, 0.5) is 10.7 Å². The van der Waals surface area contributed by atoms with Crippen LogP contribution in [0.25, 0.3) is 16.2 Å². The second kappa shape index (κ2) is 6.11. The van der Waals surface area contributed by atoms with E-state index in [0.717, 1.165) is 11.3 Å². The first kappa shape index (κ1) is 13.8. The molecule has 2 heterocycles. The zero-order chi connectivity index (χ0) is 14.7. The topological polar surface area (TPSA) is 68.5 Å². The molecule has 0 aliphatic heterocycles. The standard InChI is InChI=1S/C13H11ClN4O2S/c14-6-7-20-13(19)16-11-15-12-18(17-11)10(8-21-12)9-4-2-1-3-5-9/h1-5,8H,6-7H2,(H,16,17,19). The number of rotatable bonds is 4. The highest BCUT2D eigenvalue weighted by Crippen LogP contribution is 2.25. The van der Waals surface area contributed by atoms with E-state index in [-0.39, 0.29) is 18.4 Å². The van der Waals surface area contributed by atoms with Crippen LogP contribution in [0.5, 0.6) is 0 Å². The predicted octanol–water partition coefficient (Wildman–Crippen LogP) is 3.25. The van der Waals surface area contributed by atoms with Crippen molar-refractivity contribution >= 4 is 39.9 Å². The summed E-state index contributed by atoms with van der Waals surface area (Å²) in [5.41, 5.74) is 1.95. The van der Waals surface area contributed by atoms with Gasteiger partial charge < -0.3 is 4.74 Å². The highest BCUT2D eigenvalue weighted by molar-refractivity contribution is 7.15. The molecule has 6 nitrogen and oxygen atoms in total. The molecule has 0 fully saturated rings. The monoisotopic (exact) mass is 322 g/mol. The van der Waals surface area contributed by atoms with Gasteiger partial charge in [-0.05, 0) is 0 Å². The van der Waals surface area contributed by atoms with Crippen molar-refractivity contribution in [2.75, 3.05) is 17.8 Å². The average Bonchev–Trinajstić information content (AvgIpc) is 3.05. The van der Waals surface area contributed by atoms with Crippen LogP contribution >= 0.6 is 22.9 Å². The summed E-state index contributed by atoms with van der Waals surface area (Å²) in [7, 11) is 0. The molecule has 0 saturated heterocycles. The van der Waals surface area contributed by atoms with Crippen LogP contribution in [-0.2, 0) is 4.74 Å². The van der Waals surface area contributed by atoms with Crippen LogP contribution in [0.3, 0.4) is 0 Å². The van der Waals surface area contributed by atoms with Crippen molar-refractivity contribution in [2.45, 2.75) is 0 Å². The van der Waals surface area contributed by atoms with Gasteiger partial charge in [-0.1, -0.05) is 30.3 Å². The summed E-state index contributed by atoms with van der Waals surface area (Å²) in [5.74, 6) is 0.454. The number of amides is 1. The van der Waals surface area contributed by atoms with E-state index in [1.165, 1.54) is 11.3 Å². The zero-order valence-electron chi connectivity index (χ0n) is 10.8. The van der Waals surface area contributed by atoms with Crippen molar-refractivity contribution in [1.29, 1.82) is 0 Å². The number of halogens is 1. The van der Waals surface area contributed by atoms with Gasteiger partial charge in [-0.3, -0.25) is 5.32 Å². The maximum absolute atomic E-state index is 11.4. The lowest BCUT2D eigenvalue weighted by Gasteiger charge is -2.01. The second-order valence-corrected chi connectivity index (χ2v) is 5.28. The molecule has 0 unspecified atom stereocenters. The van der Waals surface area contributed by atoms with Crippen LogP contribution in [-0.4, -0.2) is 33.2 Å². The average molecular weight is 323 g/mol. The molecular formula is C13H11ClN4O2S. The Morgan fingerprint density at radius 1 is 1.38 bits per heavy atom. The summed E-state index contributed by atoms with van der Waals surface area (Å²) in [6.45, 7) is 0.144. The number of thiazole rings is 1. The number of aromatic nitrogens is 3. The van der Waals surface area contributed by atoms with Crippen LogP contribution in [0, 0.1) is 0 Å². The van der Waals surface area contributed by atoms with Gasteiger partial charge in [0.05, 0.1) is 11.6 Å². The predicted molar refractivity (Wildman–Crippen MR) is 82.0 cm³/mol. The first-order valence-electron chi connectivity index (χ1n) is 6.17. The summed E-state index contributed by atoms with van der Waals surface area (Å²) in [6.07, 6.45) is -0.616. The maximum Gasteiger partial charge on any atom is 0.414 e. The van der Waals surface area contributed by atoms with E-state index in [9.17, 15) is 4.79 Å². The Balaban J connectivity index is 1.85. The molecule has 8 heteroatoms. The zero-order valence-corrected chi connectivity index (χ0v) is 12.4. The number of hydrogen-bond acceptors (Lipinski definition) is 5. The normalized spacial score (nSPS) is 10.7. The van der Waals surface area contributed by atoms with E-state index >= 15 is 0 Å². The Labute approximate surface area is 129 Å². The number of hydrogen-bond donors (Lipinski definition) is 1.